The van der Waals surface area contributed by atoms with Crippen LogP contribution >= 0.6 is 0 Å². The number of carbonyl (C=O) groups is 3. The zero-order valence-corrected chi connectivity index (χ0v) is 20.7. The molecule has 1 fully saturated rings. The summed E-state index contributed by atoms with van der Waals surface area (Å²) < 4.78 is 10.4. The van der Waals surface area contributed by atoms with E-state index < -0.39 is 35.6 Å². The van der Waals surface area contributed by atoms with E-state index in [0.29, 0.717) is 17.0 Å². The third kappa shape index (κ3) is 7.11. The highest BCUT2D eigenvalue weighted by Gasteiger charge is 2.43. The van der Waals surface area contributed by atoms with E-state index in [-0.39, 0.29) is 11.8 Å². The molecule has 3 amide bonds. The minimum atomic E-state index is -1.02. The smallest absolute Gasteiger partial charge is 0.408 e. The highest BCUT2D eigenvalue weighted by Crippen LogP contribution is 2.37. The number of carbonyl (C=O) groups excluding carboxylic acids is 3. The van der Waals surface area contributed by atoms with Crippen LogP contribution in [-0.2, 0) is 14.3 Å². The van der Waals surface area contributed by atoms with Gasteiger partial charge < -0.3 is 30.1 Å². The highest BCUT2D eigenvalue weighted by atomic mass is 16.6. The van der Waals surface area contributed by atoms with E-state index in [4.69, 9.17) is 9.47 Å². The van der Waals surface area contributed by atoms with Gasteiger partial charge in [0.15, 0.2) is 0 Å². The number of phenolic OH excluding ortho intramolecular Hbond substituents is 1. The molecule has 188 valence electrons. The number of ether oxygens (including phenoxy) is 2. The lowest BCUT2D eigenvalue weighted by Crippen LogP contribution is -2.52. The molecule has 0 aliphatic heterocycles. The molecule has 2 aromatic rings. The number of amides is 3. The van der Waals surface area contributed by atoms with E-state index in [1.807, 2.05) is 0 Å². The minimum Gasteiger partial charge on any atom is -0.508 e. The summed E-state index contributed by atoms with van der Waals surface area (Å²) in [5, 5.41) is 15.5. The van der Waals surface area contributed by atoms with Gasteiger partial charge in [0.1, 0.15) is 29.2 Å². The monoisotopic (exact) mass is 483 g/mol. The van der Waals surface area contributed by atoms with Gasteiger partial charge in [-0.15, -0.1) is 0 Å². The van der Waals surface area contributed by atoms with Crippen molar-refractivity contribution in [2.45, 2.75) is 64.3 Å². The first-order valence-electron chi connectivity index (χ1n) is 11.5. The second-order valence-electron chi connectivity index (χ2n) is 9.56. The van der Waals surface area contributed by atoms with Crippen LogP contribution in [0, 0.1) is 0 Å². The Morgan fingerprint density at radius 2 is 1.74 bits per heavy atom. The van der Waals surface area contributed by atoms with Crippen molar-refractivity contribution in [1.29, 1.82) is 0 Å². The number of benzene rings is 2. The Bertz CT molecular complexity index is 1060. The summed E-state index contributed by atoms with van der Waals surface area (Å²) in [5.74, 6) is -0.237. The number of methoxy groups -OCH3 is 1. The van der Waals surface area contributed by atoms with Crippen molar-refractivity contribution >= 4 is 23.6 Å². The van der Waals surface area contributed by atoms with Crippen molar-refractivity contribution in [2.24, 2.45) is 0 Å². The Balaban J connectivity index is 1.89. The first-order valence-corrected chi connectivity index (χ1v) is 11.5. The number of alkyl carbamates (subject to hydrolysis) is 1. The maximum atomic E-state index is 13.6. The molecule has 1 aliphatic carbocycles. The summed E-state index contributed by atoms with van der Waals surface area (Å²) >= 11 is 0. The van der Waals surface area contributed by atoms with Crippen LogP contribution < -0.4 is 15.4 Å². The maximum absolute atomic E-state index is 13.6. The van der Waals surface area contributed by atoms with Gasteiger partial charge in [0.05, 0.1) is 7.11 Å². The molecule has 1 saturated carbocycles. The van der Waals surface area contributed by atoms with E-state index in [0.717, 1.165) is 12.8 Å². The van der Waals surface area contributed by atoms with Crippen molar-refractivity contribution in [3.63, 3.8) is 0 Å². The van der Waals surface area contributed by atoms with Gasteiger partial charge in [-0.25, -0.2) is 4.79 Å². The Morgan fingerprint density at radius 1 is 1.09 bits per heavy atom. The molecule has 0 heterocycles. The van der Waals surface area contributed by atoms with Crippen LogP contribution in [0.3, 0.4) is 0 Å². The summed E-state index contributed by atoms with van der Waals surface area (Å²) in [5.41, 5.74) is 0.274. The van der Waals surface area contributed by atoms with Gasteiger partial charge in [-0.1, -0.05) is 12.1 Å². The highest BCUT2D eigenvalue weighted by molar-refractivity contribution is 5.99. The van der Waals surface area contributed by atoms with E-state index in [9.17, 15) is 19.5 Å². The van der Waals surface area contributed by atoms with Crippen molar-refractivity contribution in [3.8, 4) is 11.5 Å². The summed E-state index contributed by atoms with van der Waals surface area (Å²) in [6.45, 7) is 6.76. The molecular formula is C26H33N3O6. The van der Waals surface area contributed by atoms with Crippen molar-refractivity contribution in [2.75, 3.05) is 12.4 Å². The summed E-state index contributed by atoms with van der Waals surface area (Å²) in [4.78, 5) is 40.9. The number of phenols is 1. The zero-order valence-electron chi connectivity index (χ0n) is 20.7. The number of aromatic hydroxyl groups is 1. The maximum Gasteiger partial charge on any atom is 0.408 e. The molecule has 0 saturated heterocycles. The van der Waals surface area contributed by atoms with Crippen LogP contribution in [0.2, 0.25) is 0 Å². The SMILES string of the molecule is COc1ccc(NC(=O)C(c2cccc(O)c2)N(C(=O)C(C)NC(=O)OC(C)(C)C)C2CC2)cc1. The fourth-order valence-electron chi connectivity index (χ4n) is 3.66. The third-order valence-electron chi connectivity index (χ3n) is 5.37. The van der Waals surface area contributed by atoms with Gasteiger partial charge in [0.2, 0.25) is 5.91 Å². The zero-order chi connectivity index (χ0) is 25.8. The van der Waals surface area contributed by atoms with Crippen LogP contribution in [0.5, 0.6) is 11.5 Å². The second-order valence-corrected chi connectivity index (χ2v) is 9.56. The normalized spacial score (nSPS) is 14.9. The fourth-order valence-corrected chi connectivity index (χ4v) is 3.66. The number of nitrogens with zero attached hydrogens (tertiary/aromatic N) is 1. The predicted molar refractivity (Wildman–Crippen MR) is 131 cm³/mol. The van der Waals surface area contributed by atoms with Crippen molar-refractivity contribution in [1.82, 2.24) is 10.2 Å². The summed E-state index contributed by atoms with van der Waals surface area (Å²) in [6, 6.07) is 11.0. The Kier molecular flexibility index (Phi) is 7.89. The van der Waals surface area contributed by atoms with E-state index >= 15 is 0 Å². The molecule has 2 unspecified atom stereocenters. The molecule has 0 radical (unpaired) electrons. The van der Waals surface area contributed by atoms with Gasteiger partial charge in [-0.05, 0) is 82.5 Å². The molecule has 0 bridgehead atoms. The molecule has 3 N–H and O–H groups in total. The molecule has 9 heteroatoms. The van der Waals surface area contributed by atoms with E-state index in [1.165, 1.54) is 17.0 Å². The molecule has 2 atom stereocenters. The number of hydrogen-bond acceptors (Lipinski definition) is 6. The first-order chi connectivity index (χ1) is 16.5. The molecular weight excluding hydrogens is 450 g/mol. The standard InChI is InChI=1S/C26H33N3O6/c1-16(27-25(33)35-26(2,3)4)24(32)29(19-11-12-19)22(17-7-6-8-20(30)15-17)23(31)28-18-9-13-21(34-5)14-10-18/h6-10,13-16,19,22,30H,11-12H2,1-5H3,(H,27,33)(H,28,31). The largest absolute Gasteiger partial charge is 0.508 e. The number of nitrogens with one attached hydrogen (secondary N) is 2. The van der Waals surface area contributed by atoms with Crippen molar-refractivity contribution in [3.05, 3.63) is 54.1 Å². The van der Waals surface area contributed by atoms with Crippen LogP contribution in [-0.4, -0.2) is 52.7 Å². The second kappa shape index (κ2) is 10.7. The quantitative estimate of drug-likeness (QED) is 0.523. The molecule has 3 rings (SSSR count). The van der Waals surface area contributed by atoms with Crippen LogP contribution in [0.4, 0.5) is 10.5 Å². The summed E-state index contributed by atoms with van der Waals surface area (Å²) in [7, 11) is 1.55. The number of anilines is 1. The molecule has 0 spiro atoms. The average Bonchev–Trinajstić information content (AvgIpc) is 3.61. The molecule has 1 aliphatic rings. The van der Waals surface area contributed by atoms with Gasteiger partial charge in [0.25, 0.3) is 5.91 Å². The third-order valence-corrected chi connectivity index (χ3v) is 5.37. The van der Waals surface area contributed by atoms with Gasteiger partial charge in [-0.3, -0.25) is 9.59 Å². The lowest BCUT2D eigenvalue weighted by molar-refractivity contribution is -0.141. The van der Waals surface area contributed by atoms with Gasteiger partial charge in [-0.2, -0.15) is 0 Å². The van der Waals surface area contributed by atoms with E-state index in [1.54, 1.807) is 71.2 Å². The van der Waals surface area contributed by atoms with Gasteiger partial charge in [0, 0.05) is 11.7 Å². The first kappa shape index (κ1) is 25.9. The van der Waals surface area contributed by atoms with E-state index in [2.05, 4.69) is 10.6 Å². The van der Waals surface area contributed by atoms with Gasteiger partial charge >= 0.3 is 6.09 Å². The number of rotatable bonds is 8. The molecule has 9 nitrogen and oxygen atoms in total. The number of hydrogen-bond donors (Lipinski definition) is 3. The lowest BCUT2D eigenvalue weighted by Gasteiger charge is -2.34. The van der Waals surface area contributed by atoms with Crippen molar-refractivity contribution < 1.29 is 29.0 Å². The summed E-state index contributed by atoms with van der Waals surface area (Å²) in [6.07, 6.45) is 0.747. The topological polar surface area (TPSA) is 117 Å². The Hall–Kier alpha value is -3.75. The molecule has 2 aromatic carbocycles. The minimum absolute atomic E-state index is 0.0205. The molecule has 35 heavy (non-hydrogen) atoms. The van der Waals surface area contributed by atoms with Crippen LogP contribution in [0.1, 0.15) is 52.1 Å². The molecule has 0 aromatic heterocycles. The van der Waals surface area contributed by atoms with Crippen LogP contribution in [0.15, 0.2) is 48.5 Å². The predicted octanol–water partition coefficient (Wildman–Crippen LogP) is 3.98. The van der Waals surface area contributed by atoms with Crippen LogP contribution in [0.25, 0.3) is 0 Å². The Labute approximate surface area is 205 Å². The fraction of sp³-hybridized carbons (Fsp3) is 0.423. The average molecular weight is 484 g/mol. The Morgan fingerprint density at radius 3 is 2.29 bits per heavy atom. The lowest BCUT2D eigenvalue weighted by atomic mass is 10.0.